The highest BCUT2D eigenvalue weighted by Crippen LogP contribution is 2.41. The van der Waals surface area contributed by atoms with Gasteiger partial charge in [-0.1, -0.05) is 23.9 Å². The number of rotatable bonds is 7. The third kappa shape index (κ3) is 4.75. The van der Waals surface area contributed by atoms with E-state index in [1.807, 2.05) is 0 Å². The predicted molar refractivity (Wildman–Crippen MR) is 118 cm³/mol. The minimum atomic E-state index is -0.745. The summed E-state index contributed by atoms with van der Waals surface area (Å²) in [5, 5.41) is 16.3. The molecule has 0 saturated heterocycles. The molecule has 4 N–H and O–H groups in total. The summed E-state index contributed by atoms with van der Waals surface area (Å²) in [4.78, 5) is 24.6. The lowest BCUT2D eigenvalue weighted by molar-refractivity contribution is -0.115. The van der Waals surface area contributed by atoms with Gasteiger partial charge < -0.3 is 25.5 Å². The summed E-state index contributed by atoms with van der Waals surface area (Å²) in [7, 11) is 1.52. The number of carbonyl (C=O) groups excluding carboxylic acids is 2. The number of carbonyl (C=O) groups is 2. The molecule has 2 aromatic rings. The number of primary amides is 1. The molecule has 1 aromatic carbocycles. The van der Waals surface area contributed by atoms with Crippen LogP contribution in [0.5, 0.6) is 5.75 Å². The Hall–Kier alpha value is -3.64. The van der Waals surface area contributed by atoms with Gasteiger partial charge in [-0.05, 0) is 38.1 Å². The molecule has 8 nitrogen and oxygen atoms in total. The van der Waals surface area contributed by atoms with Gasteiger partial charge in [0.05, 0.1) is 46.7 Å². The first-order chi connectivity index (χ1) is 14.8. The monoisotopic (exact) mass is 438 g/mol. The number of ether oxygens (including phenoxy) is 1. The Morgan fingerprint density at radius 1 is 1.29 bits per heavy atom. The Bertz CT molecular complexity index is 1130. The number of nitriles is 1. The number of dihydropyridines is 1. The SMILES string of the molecule is COc1ccccc1NC(=O)C1=C(C)NC(SCC(N)=O)=C(C#N)[C@H]1c1ccc(C)o1. The lowest BCUT2D eigenvalue weighted by Crippen LogP contribution is -2.31. The highest BCUT2D eigenvalue weighted by atomic mass is 32.2. The highest BCUT2D eigenvalue weighted by Gasteiger charge is 2.37. The molecule has 1 aliphatic heterocycles. The normalized spacial score (nSPS) is 15.9. The minimum absolute atomic E-state index is 0.00651. The Balaban J connectivity index is 2.05. The van der Waals surface area contributed by atoms with Crippen molar-refractivity contribution in [1.29, 1.82) is 5.26 Å². The number of furan rings is 1. The zero-order valence-electron chi connectivity index (χ0n) is 17.3. The number of hydrogen-bond donors (Lipinski definition) is 3. The molecule has 0 saturated carbocycles. The van der Waals surface area contributed by atoms with E-state index in [0.29, 0.717) is 39.3 Å². The van der Waals surface area contributed by atoms with E-state index in [-0.39, 0.29) is 11.3 Å². The van der Waals surface area contributed by atoms with E-state index in [2.05, 4.69) is 16.7 Å². The molecule has 2 amide bonds. The summed E-state index contributed by atoms with van der Waals surface area (Å²) in [5.74, 6) is -0.0462. The van der Waals surface area contributed by atoms with E-state index in [0.717, 1.165) is 11.8 Å². The summed E-state index contributed by atoms with van der Waals surface area (Å²) >= 11 is 1.11. The number of benzene rings is 1. The standard InChI is InChI=1S/C22H22N4O4S/c1-12-8-9-17(30-12)20-14(10-23)22(31-11-18(24)27)25-13(2)19(20)21(28)26-15-6-4-5-7-16(15)29-3/h4-9,20,25H,11H2,1-3H3,(H2,24,27)(H,26,28)/t20-/m0/s1. The summed E-state index contributed by atoms with van der Waals surface area (Å²) in [6.07, 6.45) is 0. The van der Waals surface area contributed by atoms with Crippen molar-refractivity contribution < 1.29 is 18.7 Å². The molecule has 1 aliphatic rings. The van der Waals surface area contributed by atoms with Crippen LogP contribution in [0.1, 0.15) is 24.4 Å². The van der Waals surface area contributed by atoms with E-state index >= 15 is 0 Å². The molecule has 0 fully saturated rings. The average molecular weight is 439 g/mol. The molecule has 0 aliphatic carbocycles. The smallest absolute Gasteiger partial charge is 0.254 e. The van der Waals surface area contributed by atoms with Crippen molar-refractivity contribution in [3.63, 3.8) is 0 Å². The van der Waals surface area contributed by atoms with Crippen LogP contribution < -0.4 is 21.1 Å². The molecule has 0 spiro atoms. The number of hydrogen-bond acceptors (Lipinski definition) is 7. The van der Waals surface area contributed by atoms with Crippen molar-refractivity contribution in [3.8, 4) is 11.8 Å². The first kappa shape index (κ1) is 22.1. The fraction of sp³-hybridized carbons (Fsp3) is 0.227. The van der Waals surface area contributed by atoms with Crippen molar-refractivity contribution in [2.45, 2.75) is 19.8 Å². The summed E-state index contributed by atoms with van der Waals surface area (Å²) in [6, 6.07) is 12.7. The Labute approximate surface area is 184 Å². The number of nitrogens with two attached hydrogens (primary N) is 1. The summed E-state index contributed by atoms with van der Waals surface area (Å²) in [5.41, 5.74) is 6.92. The molecule has 0 bridgehead atoms. The zero-order chi connectivity index (χ0) is 22.5. The van der Waals surface area contributed by atoms with Crippen LogP contribution in [-0.2, 0) is 9.59 Å². The van der Waals surface area contributed by atoms with Gasteiger partial charge >= 0.3 is 0 Å². The summed E-state index contributed by atoms with van der Waals surface area (Å²) in [6.45, 7) is 3.52. The second kappa shape index (κ2) is 9.45. The number of aryl methyl sites for hydroxylation is 1. The van der Waals surface area contributed by atoms with Crippen LogP contribution in [0.4, 0.5) is 5.69 Å². The fourth-order valence-corrected chi connectivity index (χ4v) is 4.13. The lowest BCUT2D eigenvalue weighted by atomic mass is 9.85. The second-order valence-corrected chi connectivity index (χ2v) is 7.79. The minimum Gasteiger partial charge on any atom is -0.495 e. The first-order valence-corrected chi connectivity index (χ1v) is 10.4. The number of thioether (sulfide) groups is 1. The van der Waals surface area contributed by atoms with Crippen LogP contribution in [0.3, 0.4) is 0 Å². The van der Waals surface area contributed by atoms with Gasteiger partial charge in [0.2, 0.25) is 5.91 Å². The summed E-state index contributed by atoms with van der Waals surface area (Å²) < 4.78 is 11.1. The molecular weight excluding hydrogens is 416 g/mol. The van der Waals surface area contributed by atoms with Gasteiger partial charge in [0.1, 0.15) is 17.3 Å². The van der Waals surface area contributed by atoms with E-state index in [9.17, 15) is 14.9 Å². The molecule has 0 radical (unpaired) electrons. The Kier molecular flexibility index (Phi) is 6.72. The van der Waals surface area contributed by atoms with E-state index in [1.165, 1.54) is 7.11 Å². The van der Waals surface area contributed by atoms with Crippen molar-refractivity contribution in [1.82, 2.24) is 5.32 Å². The Morgan fingerprint density at radius 3 is 2.65 bits per heavy atom. The Morgan fingerprint density at radius 2 is 2.03 bits per heavy atom. The molecule has 160 valence electrons. The topological polar surface area (TPSA) is 130 Å². The van der Waals surface area contributed by atoms with Gasteiger partial charge in [-0.2, -0.15) is 5.26 Å². The molecule has 1 atom stereocenters. The number of amides is 2. The second-order valence-electron chi connectivity index (χ2n) is 6.81. The largest absolute Gasteiger partial charge is 0.495 e. The fourth-order valence-electron chi connectivity index (χ4n) is 3.30. The van der Waals surface area contributed by atoms with Crippen molar-refractivity contribution >= 4 is 29.3 Å². The van der Waals surface area contributed by atoms with Crippen LogP contribution in [0.2, 0.25) is 0 Å². The van der Waals surface area contributed by atoms with Gasteiger partial charge in [0, 0.05) is 5.70 Å². The van der Waals surface area contributed by atoms with Crippen LogP contribution in [-0.4, -0.2) is 24.7 Å². The maximum absolute atomic E-state index is 13.4. The van der Waals surface area contributed by atoms with Crippen LogP contribution in [0, 0.1) is 18.3 Å². The van der Waals surface area contributed by atoms with Gasteiger partial charge in [-0.3, -0.25) is 9.59 Å². The van der Waals surface area contributed by atoms with Crippen molar-refractivity contribution in [2.75, 3.05) is 18.2 Å². The van der Waals surface area contributed by atoms with E-state index in [1.54, 1.807) is 50.2 Å². The van der Waals surface area contributed by atoms with Gasteiger partial charge in [-0.25, -0.2) is 0 Å². The zero-order valence-corrected chi connectivity index (χ0v) is 18.1. The van der Waals surface area contributed by atoms with Gasteiger partial charge in [0.15, 0.2) is 0 Å². The number of methoxy groups -OCH3 is 1. The number of para-hydroxylation sites is 2. The molecule has 3 rings (SSSR count). The maximum atomic E-state index is 13.4. The molecular formula is C22H22N4O4S. The molecule has 1 aromatic heterocycles. The van der Waals surface area contributed by atoms with Crippen LogP contribution in [0.25, 0.3) is 0 Å². The van der Waals surface area contributed by atoms with E-state index < -0.39 is 17.7 Å². The van der Waals surface area contributed by atoms with Crippen LogP contribution in [0.15, 0.2) is 62.7 Å². The average Bonchev–Trinajstić information content (AvgIpc) is 3.17. The molecule has 31 heavy (non-hydrogen) atoms. The van der Waals surface area contributed by atoms with Crippen molar-refractivity contribution in [2.24, 2.45) is 5.73 Å². The number of nitrogens with zero attached hydrogens (tertiary/aromatic N) is 1. The van der Waals surface area contributed by atoms with Crippen LogP contribution >= 0.6 is 11.8 Å². The lowest BCUT2D eigenvalue weighted by Gasteiger charge is -2.28. The van der Waals surface area contributed by atoms with Crippen molar-refractivity contribution in [3.05, 3.63) is 69.8 Å². The quantitative estimate of drug-likeness (QED) is 0.605. The number of allylic oxidation sites excluding steroid dienone is 2. The van der Waals surface area contributed by atoms with Gasteiger partial charge in [-0.15, -0.1) is 0 Å². The predicted octanol–water partition coefficient (Wildman–Crippen LogP) is 3.15. The number of anilines is 1. The van der Waals surface area contributed by atoms with E-state index in [4.69, 9.17) is 14.9 Å². The van der Waals surface area contributed by atoms with Gasteiger partial charge in [0.25, 0.3) is 5.91 Å². The maximum Gasteiger partial charge on any atom is 0.254 e. The third-order valence-electron chi connectivity index (χ3n) is 4.65. The first-order valence-electron chi connectivity index (χ1n) is 9.39. The third-order valence-corrected chi connectivity index (χ3v) is 5.69. The molecule has 2 heterocycles. The molecule has 0 unspecified atom stereocenters. The number of nitrogens with one attached hydrogen (secondary N) is 2. The highest BCUT2D eigenvalue weighted by molar-refractivity contribution is 8.03. The molecule has 9 heteroatoms.